The summed E-state index contributed by atoms with van der Waals surface area (Å²) in [5.74, 6) is 0.330. The summed E-state index contributed by atoms with van der Waals surface area (Å²) in [4.78, 5) is 14.9. The van der Waals surface area contributed by atoms with E-state index in [9.17, 15) is 4.79 Å². The lowest BCUT2D eigenvalue weighted by molar-refractivity contribution is -0.137. The van der Waals surface area contributed by atoms with Crippen LogP contribution in [0.5, 0.6) is 0 Å². The highest BCUT2D eigenvalue weighted by Crippen LogP contribution is 2.25. The van der Waals surface area contributed by atoms with E-state index in [1.165, 1.54) is 0 Å². The molecule has 0 saturated heterocycles. The fraction of sp³-hybridized carbons (Fsp3) is 0.714. The van der Waals surface area contributed by atoms with Gasteiger partial charge in [-0.2, -0.15) is 0 Å². The second-order valence-corrected chi connectivity index (χ2v) is 5.61. The SMILES string of the molecule is CCn1ccnc1CNCCC(C)(C)CCC(=O)O. The predicted molar refractivity (Wildman–Crippen MR) is 74.9 cm³/mol. The van der Waals surface area contributed by atoms with Gasteiger partial charge in [-0.25, -0.2) is 4.98 Å². The minimum Gasteiger partial charge on any atom is -0.481 e. The highest BCUT2D eigenvalue weighted by molar-refractivity contribution is 5.66. The first-order chi connectivity index (χ1) is 8.94. The maximum Gasteiger partial charge on any atom is 0.303 e. The van der Waals surface area contributed by atoms with Gasteiger partial charge in [0.25, 0.3) is 0 Å². The molecule has 1 rings (SSSR count). The van der Waals surface area contributed by atoms with Crippen molar-refractivity contribution in [1.82, 2.24) is 14.9 Å². The van der Waals surface area contributed by atoms with Gasteiger partial charge in [-0.3, -0.25) is 4.79 Å². The largest absolute Gasteiger partial charge is 0.481 e. The second kappa shape index (κ2) is 7.28. The summed E-state index contributed by atoms with van der Waals surface area (Å²) >= 11 is 0. The van der Waals surface area contributed by atoms with Crippen LogP contribution in [0.15, 0.2) is 12.4 Å². The van der Waals surface area contributed by atoms with Gasteiger partial charge in [0, 0.05) is 25.4 Å². The Bertz CT molecular complexity index is 399. The average Bonchev–Trinajstić information content (AvgIpc) is 2.80. The van der Waals surface area contributed by atoms with E-state index in [4.69, 9.17) is 5.11 Å². The molecular formula is C14H25N3O2. The molecule has 0 atom stereocenters. The van der Waals surface area contributed by atoms with Crippen LogP contribution in [-0.2, 0) is 17.9 Å². The molecule has 108 valence electrons. The number of hydrogen-bond acceptors (Lipinski definition) is 3. The molecule has 0 amide bonds. The first-order valence-electron chi connectivity index (χ1n) is 6.87. The summed E-state index contributed by atoms with van der Waals surface area (Å²) in [6, 6.07) is 0. The van der Waals surface area contributed by atoms with Crippen LogP contribution in [0.2, 0.25) is 0 Å². The molecule has 0 aromatic carbocycles. The molecule has 0 unspecified atom stereocenters. The summed E-state index contributed by atoms with van der Waals surface area (Å²) in [5, 5.41) is 12.1. The summed E-state index contributed by atoms with van der Waals surface area (Å²) in [5.41, 5.74) is 0.0611. The summed E-state index contributed by atoms with van der Waals surface area (Å²) < 4.78 is 2.11. The van der Waals surface area contributed by atoms with Gasteiger partial charge in [0.05, 0.1) is 6.54 Å². The highest BCUT2D eigenvalue weighted by atomic mass is 16.4. The molecule has 0 aliphatic carbocycles. The first kappa shape index (κ1) is 15.7. The van der Waals surface area contributed by atoms with E-state index in [2.05, 4.69) is 35.6 Å². The molecule has 5 heteroatoms. The summed E-state index contributed by atoms with van der Waals surface area (Å²) in [6.07, 6.45) is 5.72. The van der Waals surface area contributed by atoms with Gasteiger partial charge in [0.2, 0.25) is 0 Å². The predicted octanol–water partition coefficient (Wildman–Crippen LogP) is 2.27. The zero-order chi connectivity index (χ0) is 14.3. The van der Waals surface area contributed by atoms with Gasteiger partial charge in [0.1, 0.15) is 5.82 Å². The Morgan fingerprint density at radius 1 is 1.47 bits per heavy atom. The van der Waals surface area contributed by atoms with Crippen LogP contribution in [0.1, 0.15) is 45.9 Å². The smallest absolute Gasteiger partial charge is 0.303 e. The number of aliphatic carboxylic acids is 1. The van der Waals surface area contributed by atoms with Crippen LogP contribution in [0.25, 0.3) is 0 Å². The number of nitrogens with zero attached hydrogens (tertiary/aromatic N) is 2. The van der Waals surface area contributed by atoms with Crippen molar-refractivity contribution in [2.24, 2.45) is 5.41 Å². The van der Waals surface area contributed by atoms with Crippen LogP contribution in [0.4, 0.5) is 0 Å². The van der Waals surface area contributed by atoms with Gasteiger partial charge in [0.15, 0.2) is 0 Å². The Labute approximate surface area is 115 Å². The van der Waals surface area contributed by atoms with E-state index >= 15 is 0 Å². The third-order valence-electron chi connectivity index (χ3n) is 3.42. The summed E-state index contributed by atoms with van der Waals surface area (Å²) in [6.45, 7) is 8.90. The lowest BCUT2D eigenvalue weighted by Crippen LogP contribution is -2.24. The monoisotopic (exact) mass is 267 g/mol. The van der Waals surface area contributed by atoms with Crippen molar-refractivity contribution in [1.29, 1.82) is 0 Å². The van der Waals surface area contributed by atoms with E-state index in [-0.39, 0.29) is 11.8 Å². The molecule has 0 fully saturated rings. The van der Waals surface area contributed by atoms with Crippen molar-refractivity contribution in [3.8, 4) is 0 Å². The van der Waals surface area contributed by atoms with Crippen LogP contribution < -0.4 is 5.32 Å². The maximum absolute atomic E-state index is 10.6. The van der Waals surface area contributed by atoms with Gasteiger partial charge in [-0.15, -0.1) is 0 Å². The third-order valence-corrected chi connectivity index (χ3v) is 3.42. The Hall–Kier alpha value is -1.36. The number of aryl methyl sites for hydroxylation is 1. The Kier molecular flexibility index (Phi) is 6.02. The molecule has 5 nitrogen and oxygen atoms in total. The van der Waals surface area contributed by atoms with E-state index in [0.717, 1.165) is 31.9 Å². The zero-order valence-electron chi connectivity index (χ0n) is 12.1. The van der Waals surface area contributed by atoms with E-state index in [1.807, 2.05) is 12.4 Å². The minimum atomic E-state index is -0.717. The molecule has 2 N–H and O–H groups in total. The van der Waals surface area contributed by atoms with E-state index < -0.39 is 5.97 Å². The minimum absolute atomic E-state index is 0.0611. The normalized spacial score (nSPS) is 11.7. The summed E-state index contributed by atoms with van der Waals surface area (Å²) in [7, 11) is 0. The number of hydrogen-bond donors (Lipinski definition) is 2. The van der Waals surface area contributed by atoms with Crippen molar-refractivity contribution in [3.63, 3.8) is 0 Å². The number of carboxylic acids is 1. The third kappa shape index (κ3) is 5.87. The number of carbonyl (C=O) groups is 1. The van der Waals surface area contributed by atoms with Gasteiger partial charge in [-0.05, 0) is 31.7 Å². The standard InChI is InChI=1S/C14H25N3O2/c1-4-17-10-9-16-12(17)11-15-8-7-14(2,3)6-5-13(18)19/h9-10,15H,4-8,11H2,1-3H3,(H,18,19). The number of aromatic nitrogens is 2. The van der Waals surface area contributed by atoms with Gasteiger partial charge < -0.3 is 15.0 Å². The van der Waals surface area contributed by atoms with Crippen LogP contribution in [0.3, 0.4) is 0 Å². The fourth-order valence-corrected chi connectivity index (χ4v) is 1.99. The lowest BCUT2D eigenvalue weighted by Gasteiger charge is -2.23. The number of imidazole rings is 1. The Morgan fingerprint density at radius 2 is 2.21 bits per heavy atom. The van der Waals surface area contributed by atoms with Crippen molar-refractivity contribution >= 4 is 5.97 Å². The van der Waals surface area contributed by atoms with Crippen molar-refractivity contribution in [2.75, 3.05) is 6.54 Å². The Morgan fingerprint density at radius 3 is 2.84 bits per heavy atom. The van der Waals surface area contributed by atoms with Crippen molar-refractivity contribution in [3.05, 3.63) is 18.2 Å². The quantitative estimate of drug-likeness (QED) is 0.674. The molecule has 0 bridgehead atoms. The molecule has 0 spiro atoms. The molecule has 1 heterocycles. The van der Waals surface area contributed by atoms with Crippen LogP contribution >= 0.6 is 0 Å². The molecule has 19 heavy (non-hydrogen) atoms. The van der Waals surface area contributed by atoms with Crippen molar-refractivity contribution < 1.29 is 9.90 Å². The average molecular weight is 267 g/mol. The fourth-order valence-electron chi connectivity index (χ4n) is 1.99. The van der Waals surface area contributed by atoms with Gasteiger partial charge >= 0.3 is 5.97 Å². The second-order valence-electron chi connectivity index (χ2n) is 5.61. The lowest BCUT2D eigenvalue weighted by atomic mass is 9.84. The van der Waals surface area contributed by atoms with Gasteiger partial charge in [-0.1, -0.05) is 13.8 Å². The highest BCUT2D eigenvalue weighted by Gasteiger charge is 2.18. The molecule has 1 aromatic rings. The molecule has 0 aliphatic rings. The molecule has 0 aliphatic heterocycles. The zero-order valence-corrected chi connectivity index (χ0v) is 12.1. The first-order valence-corrected chi connectivity index (χ1v) is 6.87. The maximum atomic E-state index is 10.6. The topological polar surface area (TPSA) is 67.2 Å². The Balaban J connectivity index is 2.24. The molecule has 1 aromatic heterocycles. The van der Waals surface area contributed by atoms with E-state index in [1.54, 1.807) is 0 Å². The number of nitrogens with one attached hydrogen (secondary N) is 1. The number of carboxylic acid groups (broad SMARTS) is 1. The number of rotatable bonds is 9. The molecule has 0 saturated carbocycles. The van der Waals surface area contributed by atoms with Crippen LogP contribution in [0, 0.1) is 5.41 Å². The molecular weight excluding hydrogens is 242 g/mol. The van der Waals surface area contributed by atoms with E-state index in [0.29, 0.717) is 6.42 Å². The van der Waals surface area contributed by atoms with Crippen molar-refractivity contribution in [2.45, 2.75) is 53.1 Å². The molecule has 0 radical (unpaired) electrons. The van der Waals surface area contributed by atoms with Crippen LogP contribution in [-0.4, -0.2) is 27.2 Å².